The number of pyridine rings is 1. The van der Waals surface area contributed by atoms with E-state index >= 15 is 0 Å². The Balaban J connectivity index is 1.89. The molecule has 0 aliphatic rings. The molecule has 0 saturated carbocycles. The number of nitrogens with one attached hydrogen (secondary N) is 1. The zero-order valence-electron chi connectivity index (χ0n) is 11.3. The minimum absolute atomic E-state index is 0.665. The number of terminal acetylenes is 1. The molecule has 0 amide bonds. The van der Waals surface area contributed by atoms with Crippen molar-refractivity contribution in [3.63, 3.8) is 0 Å². The standard InChI is InChI=1S/C18H13ClN2/c1-2-13-5-3-6-15(11-13)21-12-14-8-9-17(19)16-7-4-10-20-18(14)16/h1,3-11,21H,12H2. The Labute approximate surface area is 128 Å². The van der Waals surface area contributed by atoms with Gasteiger partial charge in [0.25, 0.3) is 0 Å². The fourth-order valence-electron chi connectivity index (χ4n) is 2.26. The molecule has 1 N–H and O–H groups in total. The van der Waals surface area contributed by atoms with Crippen LogP contribution in [0.15, 0.2) is 54.7 Å². The summed E-state index contributed by atoms with van der Waals surface area (Å²) in [6.07, 6.45) is 7.19. The van der Waals surface area contributed by atoms with E-state index in [2.05, 4.69) is 16.2 Å². The van der Waals surface area contributed by atoms with E-state index in [0.29, 0.717) is 6.54 Å². The van der Waals surface area contributed by atoms with Gasteiger partial charge >= 0.3 is 0 Å². The first-order chi connectivity index (χ1) is 10.3. The van der Waals surface area contributed by atoms with Gasteiger partial charge in [-0.1, -0.05) is 29.7 Å². The minimum Gasteiger partial charge on any atom is -0.381 e. The molecule has 0 bridgehead atoms. The Morgan fingerprint density at radius 3 is 2.90 bits per heavy atom. The maximum absolute atomic E-state index is 6.20. The van der Waals surface area contributed by atoms with Gasteiger partial charge in [0.1, 0.15) is 0 Å². The summed E-state index contributed by atoms with van der Waals surface area (Å²) in [5, 5.41) is 5.06. The summed E-state index contributed by atoms with van der Waals surface area (Å²) in [5.74, 6) is 2.63. The van der Waals surface area contributed by atoms with Crippen molar-refractivity contribution in [3.05, 3.63) is 70.9 Å². The zero-order chi connectivity index (χ0) is 14.7. The van der Waals surface area contributed by atoms with Crippen molar-refractivity contribution in [2.75, 3.05) is 5.32 Å². The van der Waals surface area contributed by atoms with Crippen LogP contribution in [0.5, 0.6) is 0 Å². The second-order valence-corrected chi connectivity index (χ2v) is 5.09. The van der Waals surface area contributed by atoms with Crippen LogP contribution in [0.1, 0.15) is 11.1 Å². The lowest BCUT2D eigenvalue weighted by Crippen LogP contribution is -2.01. The molecule has 0 radical (unpaired) electrons. The van der Waals surface area contributed by atoms with Crippen LogP contribution in [-0.4, -0.2) is 4.98 Å². The van der Waals surface area contributed by atoms with Gasteiger partial charge in [-0.3, -0.25) is 4.98 Å². The fraction of sp³-hybridized carbons (Fsp3) is 0.0556. The number of hydrogen-bond acceptors (Lipinski definition) is 2. The Bertz CT molecular complexity index is 834. The van der Waals surface area contributed by atoms with E-state index in [9.17, 15) is 0 Å². The van der Waals surface area contributed by atoms with Gasteiger partial charge in [0.2, 0.25) is 0 Å². The van der Waals surface area contributed by atoms with Crippen LogP contribution in [0.4, 0.5) is 5.69 Å². The highest BCUT2D eigenvalue weighted by Crippen LogP contribution is 2.25. The maximum Gasteiger partial charge on any atom is 0.0766 e. The maximum atomic E-state index is 6.20. The Morgan fingerprint density at radius 2 is 2.05 bits per heavy atom. The number of halogens is 1. The highest BCUT2D eigenvalue weighted by atomic mass is 35.5. The highest BCUT2D eigenvalue weighted by Gasteiger charge is 2.05. The molecule has 102 valence electrons. The summed E-state index contributed by atoms with van der Waals surface area (Å²) in [4.78, 5) is 4.43. The van der Waals surface area contributed by atoms with Crippen molar-refractivity contribution in [3.8, 4) is 12.3 Å². The normalized spacial score (nSPS) is 10.3. The first-order valence-corrected chi connectivity index (χ1v) is 6.98. The number of rotatable bonds is 3. The van der Waals surface area contributed by atoms with Crippen molar-refractivity contribution in [1.29, 1.82) is 0 Å². The molecule has 3 aromatic rings. The van der Waals surface area contributed by atoms with E-state index in [-0.39, 0.29) is 0 Å². The van der Waals surface area contributed by atoms with Crippen LogP contribution in [0, 0.1) is 12.3 Å². The molecule has 2 aromatic carbocycles. The van der Waals surface area contributed by atoms with Gasteiger partial charge in [0.15, 0.2) is 0 Å². The summed E-state index contributed by atoms with van der Waals surface area (Å²) in [6.45, 7) is 0.665. The molecule has 21 heavy (non-hydrogen) atoms. The van der Waals surface area contributed by atoms with E-state index in [1.54, 1.807) is 6.20 Å². The lowest BCUT2D eigenvalue weighted by atomic mass is 10.1. The Kier molecular flexibility index (Phi) is 3.77. The van der Waals surface area contributed by atoms with Gasteiger partial charge in [0, 0.05) is 34.4 Å². The Morgan fingerprint density at radius 1 is 1.14 bits per heavy atom. The molecule has 3 rings (SSSR count). The van der Waals surface area contributed by atoms with Crippen molar-refractivity contribution in [1.82, 2.24) is 4.98 Å². The predicted octanol–water partition coefficient (Wildman–Crippen LogP) is 4.48. The van der Waals surface area contributed by atoms with Crippen molar-refractivity contribution in [2.24, 2.45) is 0 Å². The van der Waals surface area contributed by atoms with Gasteiger partial charge in [-0.2, -0.15) is 0 Å². The molecular weight excluding hydrogens is 280 g/mol. The largest absolute Gasteiger partial charge is 0.381 e. The summed E-state index contributed by atoms with van der Waals surface area (Å²) >= 11 is 6.20. The van der Waals surface area contributed by atoms with Gasteiger partial charge in [-0.15, -0.1) is 6.42 Å². The van der Waals surface area contributed by atoms with Crippen molar-refractivity contribution in [2.45, 2.75) is 6.54 Å². The average Bonchev–Trinajstić information content (AvgIpc) is 2.55. The average molecular weight is 293 g/mol. The number of fused-ring (bicyclic) bond motifs is 1. The van der Waals surface area contributed by atoms with Gasteiger partial charge in [-0.25, -0.2) is 0 Å². The number of benzene rings is 2. The molecule has 0 saturated heterocycles. The van der Waals surface area contributed by atoms with Crippen LogP contribution < -0.4 is 5.32 Å². The molecule has 0 unspecified atom stereocenters. The summed E-state index contributed by atoms with van der Waals surface area (Å²) in [5.41, 5.74) is 3.87. The lowest BCUT2D eigenvalue weighted by molar-refractivity contribution is 1.15. The van der Waals surface area contributed by atoms with Gasteiger partial charge in [-0.05, 0) is 42.0 Å². The molecule has 3 heteroatoms. The first-order valence-electron chi connectivity index (χ1n) is 6.60. The van der Waals surface area contributed by atoms with E-state index in [0.717, 1.165) is 32.7 Å². The SMILES string of the molecule is C#Cc1cccc(NCc2ccc(Cl)c3cccnc23)c1. The minimum atomic E-state index is 0.665. The number of anilines is 1. The van der Waals surface area contributed by atoms with Gasteiger partial charge in [0.05, 0.1) is 5.52 Å². The predicted molar refractivity (Wildman–Crippen MR) is 88.5 cm³/mol. The van der Waals surface area contributed by atoms with Crippen LogP contribution in [-0.2, 0) is 6.54 Å². The third-order valence-electron chi connectivity index (χ3n) is 3.31. The zero-order valence-corrected chi connectivity index (χ0v) is 12.1. The smallest absolute Gasteiger partial charge is 0.0766 e. The van der Waals surface area contributed by atoms with E-state index in [1.165, 1.54) is 0 Å². The number of hydrogen-bond donors (Lipinski definition) is 1. The van der Waals surface area contributed by atoms with E-state index < -0.39 is 0 Å². The van der Waals surface area contributed by atoms with Crippen LogP contribution in [0.25, 0.3) is 10.9 Å². The summed E-state index contributed by atoms with van der Waals surface area (Å²) in [6, 6.07) is 15.6. The van der Waals surface area contributed by atoms with Crippen LogP contribution >= 0.6 is 11.6 Å². The molecule has 0 atom stereocenters. The molecular formula is C18H13ClN2. The first kappa shape index (κ1) is 13.5. The quantitative estimate of drug-likeness (QED) is 0.720. The number of aromatic nitrogens is 1. The molecule has 1 heterocycles. The topological polar surface area (TPSA) is 24.9 Å². The fourth-order valence-corrected chi connectivity index (χ4v) is 2.47. The number of nitrogens with zero attached hydrogens (tertiary/aromatic N) is 1. The summed E-state index contributed by atoms with van der Waals surface area (Å²) < 4.78 is 0. The van der Waals surface area contributed by atoms with Crippen molar-refractivity contribution < 1.29 is 0 Å². The molecule has 0 aliphatic heterocycles. The Hall–Kier alpha value is -2.50. The molecule has 0 spiro atoms. The van der Waals surface area contributed by atoms with Crippen LogP contribution in [0.2, 0.25) is 5.02 Å². The summed E-state index contributed by atoms with van der Waals surface area (Å²) in [7, 11) is 0. The van der Waals surface area contributed by atoms with Crippen molar-refractivity contribution >= 4 is 28.2 Å². The van der Waals surface area contributed by atoms with Crippen LogP contribution in [0.3, 0.4) is 0 Å². The molecule has 0 fully saturated rings. The van der Waals surface area contributed by atoms with E-state index in [4.69, 9.17) is 18.0 Å². The molecule has 1 aromatic heterocycles. The monoisotopic (exact) mass is 292 g/mol. The van der Waals surface area contributed by atoms with Gasteiger partial charge < -0.3 is 5.32 Å². The molecule has 0 aliphatic carbocycles. The second-order valence-electron chi connectivity index (χ2n) is 4.68. The highest BCUT2D eigenvalue weighted by molar-refractivity contribution is 6.35. The lowest BCUT2D eigenvalue weighted by Gasteiger charge is -2.10. The second kappa shape index (κ2) is 5.87. The third kappa shape index (κ3) is 2.84. The molecule has 2 nitrogen and oxygen atoms in total. The third-order valence-corrected chi connectivity index (χ3v) is 3.64. The van der Waals surface area contributed by atoms with E-state index in [1.807, 2.05) is 48.5 Å².